The highest BCUT2D eigenvalue weighted by atomic mass is 16.6. The van der Waals surface area contributed by atoms with Crippen LogP contribution in [0.5, 0.6) is 0 Å². The minimum atomic E-state index is -0.920. The first kappa shape index (κ1) is 12.4. The van der Waals surface area contributed by atoms with Crippen LogP contribution in [0.25, 0.3) is 0 Å². The molecule has 1 N–H and O–H groups in total. The predicted octanol–water partition coefficient (Wildman–Crippen LogP) is 1.90. The fourth-order valence-electron chi connectivity index (χ4n) is 2.18. The maximum Gasteiger partial charge on any atom is 0.410 e. The third-order valence-corrected chi connectivity index (χ3v) is 3.02. The van der Waals surface area contributed by atoms with Gasteiger partial charge in [-0.05, 0) is 30.5 Å². The van der Waals surface area contributed by atoms with E-state index in [1.165, 1.54) is 0 Å². The highest BCUT2D eigenvalue weighted by molar-refractivity contribution is 5.90. The molecule has 1 amide bonds. The number of carbonyl (C=O) groups is 2. The quantitative estimate of drug-likeness (QED) is 0.869. The van der Waals surface area contributed by atoms with Crippen LogP contribution in [-0.2, 0) is 17.7 Å². The maximum atomic E-state index is 11.6. The van der Waals surface area contributed by atoms with Crippen LogP contribution in [-0.4, -0.2) is 35.2 Å². The third kappa shape index (κ3) is 2.30. The van der Waals surface area contributed by atoms with Gasteiger partial charge in [0, 0.05) is 13.1 Å². The van der Waals surface area contributed by atoms with Crippen molar-refractivity contribution in [1.82, 2.24) is 4.90 Å². The van der Waals surface area contributed by atoms with E-state index >= 15 is 0 Å². The van der Waals surface area contributed by atoms with Gasteiger partial charge < -0.3 is 14.7 Å². The van der Waals surface area contributed by atoms with Crippen molar-refractivity contribution < 1.29 is 19.4 Å². The van der Waals surface area contributed by atoms with Gasteiger partial charge in [0.1, 0.15) is 0 Å². The Bertz CT molecular complexity index is 484. The normalized spacial score (nSPS) is 13.9. The standard InChI is InChI=1S/C13H15NO4/c1-2-18-13(17)14-7-6-10-9(8-14)4-3-5-11(10)12(15)16/h3-5H,2,6-8H2,1H3,(H,15,16). The number of hydrogen-bond acceptors (Lipinski definition) is 3. The van der Waals surface area contributed by atoms with E-state index in [1.54, 1.807) is 24.0 Å². The summed E-state index contributed by atoms with van der Waals surface area (Å²) in [6.45, 7) is 3.01. The molecule has 18 heavy (non-hydrogen) atoms. The van der Waals surface area contributed by atoms with Gasteiger partial charge in [-0.2, -0.15) is 0 Å². The van der Waals surface area contributed by atoms with Gasteiger partial charge in [-0.3, -0.25) is 0 Å². The van der Waals surface area contributed by atoms with E-state index in [0.29, 0.717) is 31.7 Å². The molecule has 1 heterocycles. The van der Waals surface area contributed by atoms with E-state index in [4.69, 9.17) is 9.84 Å². The summed E-state index contributed by atoms with van der Waals surface area (Å²) in [7, 11) is 0. The SMILES string of the molecule is CCOC(=O)N1CCc2c(cccc2C(=O)O)C1. The molecule has 0 aliphatic carbocycles. The zero-order valence-corrected chi connectivity index (χ0v) is 10.2. The van der Waals surface area contributed by atoms with Crippen LogP contribution >= 0.6 is 0 Å². The number of rotatable bonds is 2. The Hall–Kier alpha value is -2.04. The Morgan fingerprint density at radius 3 is 2.89 bits per heavy atom. The van der Waals surface area contributed by atoms with Crippen LogP contribution in [0.1, 0.15) is 28.4 Å². The molecule has 1 aliphatic heterocycles. The lowest BCUT2D eigenvalue weighted by molar-refractivity contribution is 0.0694. The Morgan fingerprint density at radius 1 is 1.44 bits per heavy atom. The van der Waals surface area contributed by atoms with Crippen LogP contribution in [0.2, 0.25) is 0 Å². The summed E-state index contributed by atoms with van der Waals surface area (Å²) < 4.78 is 4.94. The lowest BCUT2D eigenvalue weighted by Gasteiger charge is -2.28. The molecular formula is C13H15NO4. The molecule has 0 saturated carbocycles. The Balaban J connectivity index is 2.23. The number of amides is 1. The van der Waals surface area contributed by atoms with Crippen molar-refractivity contribution in [2.24, 2.45) is 0 Å². The number of nitrogens with zero attached hydrogens (tertiary/aromatic N) is 1. The van der Waals surface area contributed by atoms with E-state index in [9.17, 15) is 9.59 Å². The fourth-order valence-corrected chi connectivity index (χ4v) is 2.18. The van der Waals surface area contributed by atoms with Crippen LogP contribution in [0.3, 0.4) is 0 Å². The molecule has 0 radical (unpaired) electrons. The van der Waals surface area contributed by atoms with Crippen LogP contribution < -0.4 is 0 Å². The number of aromatic carboxylic acids is 1. The van der Waals surface area contributed by atoms with Crippen LogP contribution in [0.4, 0.5) is 4.79 Å². The number of benzene rings is 1. The van der Waals surface area contributed by atoms with Crippen molar-refractivity contribution in [3.05, 3.63) is 34.9 Å². The second kappa shape index (κ2) is 5.08. The molecule has 1 aliphatic rings. The number of carbonyl (C=O) groups excluding carboxylic acids is 1. The van der Waals surface area contributed by atoms with E-state index < -0.39 is 5.97 Å². The number of carboxylic acids is 1. The molecule has 0 saturated heterocycles. The first-order chi connectivity index (χ1) is 8.63. The number of hydrogen-bond donors (Lipinski definition) is 1. The van der Waals surface area contributed by atoms with Crippen LogP contribution in [0, 0.1) is 0 Å². The maximum absolute atomic E-state index is 11.6. The minimum Gasteiger partial charge on any atom is -0.478 e. The molecule has 1 aromatic carbocycles. The second-order valence-electron chi connectivity index (χ2n) is 4.12. The van der Waals surface area contributed by atoms with Gasteiger partial charge in [0.15, 0.2) is 0 Å². The average Bonchev–Trinajstić information content (AvgIpc) is 2.37. The number of fused-ring (bicyclic) bond motifs is 1. The van der Waals surface area contributed by atoms with Crippen molar-refractivity contribution in [2.45, 2.75) is 19.9 Å². The molecule has 5 heteroatoms. The summed E-state index contributed by atoms with van der Waals surface area (Å²) in [5.41, 5.74) is 2.04. The minimum absolute atomic E-state index is 0.330. The first-order valence-corrected chi connectivity index (χ1v) is 5.89. The van der Waals surface area contributed by atoms with E-state index in [2.05, 4.69) is 0 Å². The highest BCUT2D eigenvalue weighted by Crippen LogP contribution is 2.23. The lowest BCUT2D eigenvalue weighted by Crippen LogP contribution is -2.37. The van der Waals surface area contributed by atoms with Crippen LogP contribution in [0.15, 0.2) is 18.2 Å². The monoisotopic (exact) mass is 249 g/mol. The van der Waals surface area contributed by atoms with Gasteiger partial charge in [-0.15, -0.1) is 0 Å². The second-order valence-corrected chi connectivity index (χ2v) is 4.12. The summed E-state index contributed by atoms with van der Waals surface area (Å²) in [5.74, 6) is -0.920. The summed E-state index contributed by atoms with van der Waals surface area (Å²) in [6, 6.07) is 5.16. The van der Waals surface area contributed by atoms with Gasteiger partial charge in [-0.25, -0.2) is 9.59 Å². The molecule has 1 aromatic rings. The molecule has 2 rings (SSSR count). The van der Waals surface area contributed by atoms with Crippen molar-refractivity contribution in [1.29, 1.82) is 0 Å². The van der Waals surface area contributed by atoms with Gasteiger partial charge in [-0.1, -0.05) is 12.1 Å². The first-order valence-electron chi connectivity index (χ1n) is 5.89. The predicted molar refractivity (Wildman–Crippen MR) is 64.5 cm³/mol. The van der Waals surface area contributed by atoms with Gasteiger partial charge >= 0.3 is 12.1 Å². The summed E-state index contributed by atoms with van der Waals surface area (Å²) in [4.78, 5) is 24.3. The third-order valence-electron chi connectivity index (χ3n) is 3.02. The molecule has 0 spiro atoms. The molecule has 0 unspecified atom stereocenters. The number of carboxylic acid groups (broad SMARTS) is 1. The molecule has 0 atom stereocenters. The van der Waals surface area contributed by atoms with Crippen molar-refractivity contribution in [3.8, 4) is 0 Å². The summed E-state index contributed by atoms with van der Waals surface area (Å²) in [5, 5.41) is 9.09. The molecule has 5 nitrogen and oxygen atoms in total. The molecule has 0 fully saturated rings. The Morgan fingerprint density at radius 2 is 2.22 bits per heavy atom. The van der Waals surface area contributed by atoms with Gasteiger partial charge in [0.2, 0.25) is 0 Å². The summed E-state index contributed by atoms with van der Waals surface area (Å²) in [6.07, 6.45) is 0.209. The average molecular weight is 249 g/mol. The van der Waals surface area contributed by atoms with E-state index in [0.717, 1.165) is 11.1 Å². The zero-order chi connectivity index (χ0) is 13.1. The van der Waals surface area contributed by atoms with E-state index in [-0.39, 0.29) is 6.09 Å². The highest BCUT2D eigenvalue weighted by Gasteiger charge is 2.24. The number of ether oxygens (including phenoxy) is 1. The Kier molecular flexibility index (Phi) is 3.50. The summed E-state index contributed by atoms with van der Waals surface area (Å²) >= 11 is 0. The lowest BCUT2D eigenvalue weighted by atomic mass is 9.95. The van der Waals surface area contributed by atoms with Crippen molar-refractivity contribution >= 4 is 12.1 Å². The molecule has 0 bridgehead atoms. The van der Waals surface area contributed by atoms with E-state index in [1.807, 2.05) is 6.07 Å². The molecular weight excluding hydrogens is 234 g/mol. The van der Waals surface area contributed by atoms with Gasteiger partial charge in [0.25, 0.3) is 0 Å². The largest absolute Gasteiger partial charge is 0.478 e. The van der Waals surface area contributed by atoms with Crippen molar-refractivity contribution in [2.75, 3.05) is 13.2 Å². The van der Waals surface area contributed by atoms with Crippen molar-refractivity contribution in [3.63, 3.8) is 0 Å². The smallest absolute Gasteiger partial charge is 0.410 e. The molecule has 0 aromatic heterocycles. The van der Waals surface area contributed by atoms with Gasteiger partial charge in [0.05, 0.1) is 12.2 Å². The Labute approximate surface area is 105 Å². The fraction of sp³-hybridized carbons (Fsp3) is 0.385. The molecule has 96 valence electrons. The topological polar surface area (TPSA) is 66.8 Å². The zero-order valence-electron chi connectivity index (χ0n) is 10.2.